The predicted octanol–water partition coefficient (Wildman–Crippen LogP) is 5.70. The first-order chi connectivity index (χ1) is 15.1. The molecule has 2 aromatic carbocycles. The summed E-state index contributed by atoms with van der Waals surface area (Å²) in [5.41, 5.74) is 0.473. The van der Waals surface area contributed by atoms with E-state index < -0.39 is 33.7 Å². The van der Waals surface area contributed by atoms with E-state index in [4.69, 9.17) is 17.0 Å². The van der Waals surface area contributed by atoms with Crippen LogP contribution in [0.4, 0.5) is 13.2 Å². The molecular formula is C23H26F3NO3S2. The van der Waals surface area contributed by atoms with Crippen LogP contribution >= 0.6 is 12.2 Å². The van der Waals surface area contributed by atoms with E-state index in [0.29, 0.717) is 37.0 Å². The van der Waals surface area contributed by atoms with E-state index in [1.807, 2.05) is 6.92 Å². The molecule has 1 aliphatic rings. The van der Waals surface area contributed by atoms with E-state index in [1.54, 1.807) is 31.2 Å². The van der Waals surface area contributed by atoms with Gasteiger partial charge in [-0.2, -0.15) is 17.5 Å². The average Bonchev–Trinajstić information content (AvgIpc) is 2.76. The number of rotatable bonds is 6. The number of halogens is 3. The summed E-state index contributed by atoms with van der Waals surface area (Å²) in [6.45, 7) is 4.24. The Morgan fingerprint density at radius 2 is 1.81 bits per heavy atom. The van der Waals surface area contributed by atoms with Gasteiger partial charge in [0.25, 0.3) is 0 Å². The van der Waals surface area contributed by atoms with Crippen LogP contribution in [-0.4, -0.2) is 37.0 Å². The zero-order valence-corrected chi connectivity index (χ0v) is 19.6. The van der Waals surface area contributed by atoms with E-state index in [0.717, 1.165) is 12.1 Å². The van der Waals surface area contributed by atoms with Gasteiger partial charge in [0.2, 0.25) is 10.0 Å². The highest BCUT2D eigenvalue weighted by atomic mass is 32.2. The molecule has 1 aliphatic heterocycles. The number of sulfonamides is 1. The number of thiocarbonyl (C=S) groups is 1. The molecule has 0 spiro atoms. The van der Waals surface area contributed by atoms with E-state index in [2.05, 4.69) is 0 Å². The molecule has 0 aliphatic carbocycles. The predicted molar refractivity (Wildman–Crippen MR) is 121 cm³/mol. The van der Waals surface area contributed by atoms with E-state index in [1.165, 1.54) is 16.4 Å². The molecule has 0 saturated carbocycles. The van der Waals surface area contributed by atoms with Gasteiger partial charge in [-0.15, -0.1) is 0 Å². The maximum absolute atomic E-state index is 13.6. The zero-order chi connectivity index (χ0) is 23.5. The Balaban J connectivity index is 2.04. The van der Waals surface area contributed by atoms with Crippen LogP contribution < -0.4 is 0 Å². The lowest BCUT2D eigenvalue weighted by Gasteiger charge is -2.40. The van der Waals surface area contributed by atoms with E-state index in [-0.39, 0.29) is 16.5 Å². The number of hydrogen-bond donors (Lipinski definition) is 0. The van der Waals surface area contributed by atoms with Crippen LogP contribution in [0.25, 0.3) is 0 Å². The second kappa shape index (κ2) is 9.89. The fourth-order valence-corrected chi connectivity index (χ4v) is 6.38. The Labute approximate surface area is 192 Å². The molecule has 3 rings (SSSR count). The van der Waals surface area contributed by atoms with Crippen LogP contribution in [0.5, 0.6) is 0 Å². The molecule has 2 atom stereocenters. The fraction of sp³-hybridized carbons (Fsp3) is 0.435. The smallest absolute Gasteiger partial charge is 0.416 e. The maximum Gasteiger partial charge on any atom is 0.416 e. The minimum atomic E-state index is -4.44. The van der Waals surface area contributed by atoms with Crippen LogP contribution in [0.1, 0.15) is 48.8 Å². The second-order valence-electron chi connectivity index (χ2n) is 7.86. The van der Waals surface area contributed by atoms with Gasteiger partial charge in [0.15, 0.2) is 5.05 Å². The van der Waals surface area contributed by atoms with Gasteiger partial charge in [-0.05, 0) is 67.7 Å². The molecule has 174 valence electrons. The molecule has 32 heavy (non-hydrogen) atoms. The van der Waals surface area contributed by atoms with Crippen LogP contribution in [-0.2, 0) is 20.9 Å². The molecule has 0 amide bonds. The monoisotopic (exact) mass is 485 g/mol. The summed E-state index contributed by atoms with van der Waals surface area (Å²) in [4.78, 5) is 0.191. The molecule has 0 aromatic heterocycles. The van der Waals surface area contributed by atoms with Crippen LogP contribution in [0.15, 0.2) is 53.4 Å². The van der Waals surface area contributed by atoms with Crippen molar-refractivity contribution in [1.29, 1.82) is 0 Å². The minimum absolute atomic E-state index is 0.147. The van der Waals surface area contributed by atoms with Gasteiger partial charge >= 0.3 is 6.18 Å². The van der Waals surface area contributed by atoms with Gasteiger partial charge in [-0.3, -0.25) is 0 Å². The molecule has 4 nitrogen and oxygen atoms in total. The molecule has 2 aromatic rings. The summed E-state index contributed by atoms with van der Waals surface area (Å²) in [6.07, 6.45) is -2.60. The third-order valence-electron chi connectivity index (χ3n) is 5.62. The highest BCUT2D eigenvalue weighted by Crippen LogP contribution is 2.38. The van der Waals surface area contributed by atoms with E-state index in [9.17, 15) is 21.6 Å². The molecule has 1 heterocycles. The average molecular weight is 486 g/mol. The highest BCUT2D eigenvalue weighted by Gasteiger charge is 2.43. The highest BCUT2D eigenvalue weighted by molar-refractivity contribution is 7.89. The van der Waals surface area contributed by atoms with Gasteiger partial charge < -0.3 is 4.74 Å². The first-order valence-electron chi connectivity index (χ1n) is 10.5. The van der Waals surface area contributed by atoms with Crippen molar-refractivity contribution in [2.75, 3.05) is 13.2 Å². The van der Waals surface area contributed by atoms with Crippen molar-refractivity contribution in [3.8, 4) is 0 Å². The van der Waals surface area contributed by atoms with Crippen molar-refractivity contribution in [3.63, 3.8) is 0 Å². The summed E-state index contributed by atoms with van der Waals surface area (Å²) < 4.78 is 73.4. The number of nitrogens with zero attached hydrogens (tertiary/aromatic N) is 1. The maximum atomic E-state index is 13.6. The summed E-state index contributed by atoms with van der Waals surface area (Å²) in [5, 5.41) is 0.147. The largest absolute Gasteiger partial charge is 0.485 e. The molecule has 1 fully saturated rings. The Bertz CT molecular complexity index is 1050. The Kier molecular flexibility index (Phi) is 7.62. The van der Waals surface area contributed by atoms with Crippen molar-refractivity contribution in [2.24, 2.45) is 0 Å². The van der Waals surface area contributed by atoms with Gasteiger partial charge in [0.05, 0.1) is 17.1 Å². The van der Waals surface area contributed by atoms with Gasteiger partial charge in [0, 0.05) is 12.5 Å². The fourth-order valence-electron chi connectivity index (χ4n) is 4.04. The van der Waals surface area contributed by atoms with Crippen LogP contribution in [0, 0.1) is 6.92 Å². The molecule has 0 bridgehead atoms. The van der Waals surface area contributed by atoms with Crippen molar-refractivity contribution >= 4 is 27.3 Å². The van der Waals surface area contributed by atoms with Crippen molar-refractivity contribution in [2.45, 2.75) is 56.1 Å². The standard InChI is InChI=1S/C23H26F3NO3S2/c1-3-15-30-22(31)21-19(17-10-12-18(13-11-17)23(24,25)26)8-6-14-27(21)32(28,29)20-9-5-4-7-16(20)2/h4-5,7,9-13,19,21H,3,6,8,14-15H2,1-2H3. The van der Waals surface area contributed by atoms with Gasteiger partial charge in [0.1, 0.15) is 6.04 Å². The minimum Gasteiger partial charge on any atom is -0.485 e. The molecular weight excluding hydrogens is 459 g/mol. The summed E-state index contributed by atoms with van der Waals surface area (Å²) in [5.74, 6) is -0.408. The lowest BCUT2D eigenvalue weighted by Crippen LogP contribution is -2.51. The first-order valence-corrected chi connectivity index (χ1v) is 12.3. The number of alkyl halides is 3. The second-order valence-corrected chi connectivity index (χ2v) is 10.1. The topological polar surface area (TPSA) is 46.6 Å². The number of hydrogen-bond acceptors (Lipinski definition) is 4. The SMILES string of the molecule is CCCOC(=S)C1C(c2ccc(C(F)(F)F)cc2)CCCN1S(=O)(=O)c1ccccc1C. The quantitative estimate of drug-likeness (QED) is 0.492. The zero-order valence-electron chi connectivity index (χ0n) is 17.9. The van der Waals surface area contributed by atoms with Crippen LogP contribution in [0.3, 0.4) is 0 Å². The number of benzene rings is 2. The number of piperidine rings is 1. The first kappa shape index (κ1) is 24.7. The van der Waals surface area contributed by atoms with Crippen LogP contribution in [0.2, 0.25) is 0 Å². The molecule has 0 radical (unpaired) electrons. The summed E-state index contributed by atoms with van der Waals surface area (Å²) in [6, 6.07) is 10.8. The van der Waals surface area contributed by atoms with Gasteiger partial charge in [-0.25, -0.2) is 8.42 Å². The van der Waals surface area contributed by atoms with E-state index >= 15 is 0 Å². The third kappa shape index (κ3) is 5.15. The molecule has 2 unspecified atom stereocenters. The van der Waals surface area contributed by atoms with Crippen molar-refractivity contribution in [1.82, 2.24) is 4.31 Å². The summed E-state index contributed by atoms with van der Waals surface area (Å²) >= 11 is 5.52. The molecule has 1 saturated heterocycles. The third-order valence-corrected chi connectivity index (χ3v) is 8.02. The number of ether oxygens (including phenoxy) is 1. The Hall–Kier alpha value is -1.97. The molecule has 9 heteroatoms. The number of aryl methyl sites for hydroxylation is 1. The Morgan fingerprint density at radius 3 is 2.41 bits per heavy atom. The molecule has 0 N–H and O–H groups in total. The van der Waals surface area contributed by atoms with Crippen molar-refractivity contribution in [3.05, 3.63) is 65.2 Å². The lowest BCUT2D eigenvalue weighted by atomic mass is 9.84. The lowest BCUT2D eigenvalue weighted by molar-refractivity contribution is -0.137. The Morgan fingerprint density at radius 1 is 1.16 bits per heavy atom. The van der Waals surface area contributed by atoms with Crippen molar-refractivity contribution < 1.29 is 26.3 Å². The normalized spacial score (nSPS) is 20.2. The van der Waals surface area contributed by atoms with Gasteiger partial charge in [-0.1, -0.05) is 37.3 Å². The summed E-state index contributed by atoms with van der Waals surface area (Å²) in [7, 11) is -3.90.